The van der Waals surface area contributed by atoms with Crippen molar-refractivity contribution in [2.24, 2.45) is 0 Å². The molecule has 1 N–H and O–H groups in total. The van der Waals surface area contributed by atoms with E-state index in [1.165, 1.54) is 0 Å². The van der Waals surface area contributed by atoms with Crippen LogP contribution in [0.1, 0.15) is 32.1 Å². The monoisotopic (exact) mass is 271 g/mol. The number of carboxylic acids is 1. The molecule has 19 heavy (non-hydrogen) atoms. The van der Waals surface area contributed by atoms with Crippen molar-refractivity contribution in [2.75, 3.05) is 20.3 Å². The maximum atomic E-state index is 12.3. The van der Waals surface area contributed by atoms with Crippen LogP contribution in [0.4, 0.5) is 0 Å². The van der Waals surface area contributed by atoms with E-state index in [0.717, 1.165) is 19.4 Å². The number of rotatable bonds is 5. The summed E-state index contributed by atoms with van der Waals surface area (Å²) in [7, 11) is 1.59. The van der Waals surface area contributed by atoms with E-state index in [9.17, 15) is 9.59 Å². The second-order valence-corrected chi connectivity index (χ2v) is 5.23. The number of hydrogen-bond acceptors (Lipinski definition) is 4. The summed E-state index contributed by atoms with van der Waals surface area (Å²) in [6, 6.07) is -0.253. The van der Waals surface area contributed by atoms with Gasteiger partial charge in [-0.1, -0.05) is 0 Å². The molecule has 0 spiro atoms. The van der Waals surface area contributed by atoms with Crippen LogP contribution in [0.15, 0.2) is 0 Å². The predicted octanol–water partition coefficient (Wildman–Crippen LogP) is 0.646. The Balaban J connectivity index is 1.93. The molecule has 2 saturated heterocycles. The van der Waals surface area contributed by atoms with Gasteiger partial charge in [0.15, 0.2) is 0 Å². The number of carbonyl (C=O) groups excluding carboxylic acids is 1. The van der Waals surface area contributed by atoms with Crippen LogP contribution < -0.4 is 0 Å². The number of aliphatic carboxylic acids is 1. The normalized spacial score (nSPS) is 30.8. The van der Waals surface area contributed by atoms with Gasteiger partial charge < -0.3 is 19.5 Å². The molecule has 3 atom stereocenters. The molecule has 2 aliphatic rings. The number of likely N-dealkylation sites (tertiary alicyclic amines) is 1. The largest absolute Gasteiger partial charge is 0.481 e. The molecule has 6 nitrogen and oxygen atoms in total. The zero-order valence-electron chi connectivity index (χ0n) is 11.2. The van der Waals surface area contributed by atoms with Gasteiger partial charge in [-0.25, -0.2) is 0 Å². The number of ether oxygens (including phenoxy) is 2. The van der Waals surface area contributed by atoms with Gasteiger partial charge in [-0.2, -0.15) is 0 Å². The second kappa shape index (κ2) is 6.34. The molecule has 0 aliphatic carbocycles. The van der Waals surface area contributed by atoms with Crippen molar-refractivity contribution in [1.29, 1.82) is 0 Å². The number of amides is 1. The molecule has 0 aromatic carbocycles. The van der Waals surface area contributed by atoms with Gasteiger partial charge in [0.05, 0.1) is 25.0 Å². The summed E-state index contributed by atoms with van der Waals surface area (Å²) in [5.74, 6) is -0.894. The van der Waals surface area contributed by atoms with Crippen LogP contribution in [-0.4, -0.2) is 60.4 Å². The van der Waals surface area contributed by atoms with Crippen molar-refractivity contribution >= 4 is 11.9 Å². The van der Waals surface area contributed by atoms with E-state index in [-0.39, 0.29) is 30.6 Å². The topological polar surface area (TPSA) is 76.1 Å². The molecule has 0 bridgehead atoms. The van der Waals surface area contributed by atoms with Gasteiger partial charge in [-0.15, -0.1) is 0 Å². The number of methoxy groups -OCH3 is 1. The van der Waals surface area contributed by atoms with Crippen LogP contribution >= 0.6 is 0 Å². The number of nitrogens with zero attached hydrogens (tertiary/aromatic N) is 1. The third-order valence-corrected chi connectivity index (χ3v) is 3.87. The van der Waals surface area contributed by atoms with Crippen molar-refractivity contribution in [3.63, 3.8) is 0 Å². The Hall–Kier alpha value is -1.14. The summed E-state index contributed by atoms with van der Waals surface area (Å²) in [6.45, 7) is 1.21. The minimum Gasteiger partial charge on any atom is -0.481 e. The average Bonchev–Trinajstić information content (AvgIpc) is 2.97. The Morgan fingerprint density at radius 3 is 2.79 bits per heavy atom. The third kappa shape index (κ3) is 3.67. The van der Waals surface area contributed by atoms with Crippen LogP contribution in [0.25, 0.3) is 0 Å². The van der Waals surface area contributed by atoms with Crippen molar-refractivity contribution in [2.45, 2.75) is 50.4 Å². The summed E-state index contributed by atoms with van der Waals surface area (Å²) in [6.07, 6.45) is 2.79. The summed E-state index contributed by atoms with van der Waals surface area (Å²) in [5, 5.41) is 8.91. The number of carboxylic acid groups (broad SMARTS) is 1. The highest BCUT2D eigenvalue weighted by molar-refractivity contribution is 5.78. The van der Waals surface area contributed by atoms with E-state index in [1.54, 1.807) is 12.0 Å². The first-order valence-electron chi connectivity index (χ1n) is 6.75. The maximum absolute atomic E-state index is 12.3. The Morgan fingerprint density at radius 2 is 2.21 bits per heavy atom. The Bertz CT molecular complexity index is 340. The summed E-state index contributed by atoms with van der Waals surface area (Å²) in [5.41, 5.74) is 0. The first kappa shape index (κ1) is 14.3. The fourth-order valence-corrected chi connectivity index (χ4v) is 2.86. The van der Waals surface area contributed by atoms with E-state index >= 15 is 0 Å². The fraction of sp³-hybridized carbons (Fsp3) is 0.846. The van der Waals surface area contributed by atoms with Crippen LogP contribution in [0.5, 0.6) is 0 Å². The molecule has 0 radical (unpaired) electrons. The molecule has 3 unspecified atom stereocenters. The highest BCUT2D eigenvalue weighted by Crippen LogP contribution is 2.25. The van der Waals surface area contributed by atoms with Gasteiger partial charge in [0.25, 0.3) is 0 Å². The predicted molar refractivity (Wildman–Crippen MR) is 66.8 cm³/mol. The van der Waals surface area contributed by atoms with E-state index in [0.29, 0.717) is 19.4 Å². The second-order valence-electron chi connectivity index (χ2n) is 5.23. The smallest absolute Gasteiger partial charge is 0.305 e. The summed E-state index contributed by atoms with van der Waals surface area (Å²) >= 11 is 0. The molecule has 108 valence electrons. The van der Waals surface area contributed by atoms with Crippen molar-refractivity contribution in [3.8, 4) is 0 Å². The van der Waals surface area contributed by atoms with Gasteiger partial charge in [0, 0.05) is 26.3 Å². The van der Waals surface area contributed by atoms with Gasteiger partial charge in [0.2, 0.25) is 5.91 Å². The SMILES string of the molecule is COC1CC(CC(=O)O)N(C(=O)CC2CCCO2)C1. The summed E-state index contributed by atoms with van der Waals surface area (Å²) in [4.78, 5) is 24.8. The molecular formula is C13H21NO5. The molecule has 1 amide bonds. The molecular weight excluding hydrogens is 250 g/mol. The van der Waals surface area contributed by atoms with Crippen LogP contribution in [0.3, 0.4) is 0 Å². The number of carbonyl (C=O) groups is 2. The van der Waals surface area contributed by atoms with E-state index in [4.69, 9.17) is 14.6 Å². The Kier molecular flexibility index (Phi) is 4.76. The number of hydrogen-bond donors (Lipinski definition) is 1. The quantitative estimate of drug-likeness (QED) is 0.794. The lowest BCUT2D eigenvalue weighted by atomic mass is 10.1. The molecule has 2 aliphatic heterocycles. The van der Waals surface area contributed by atoms with Gasteiger partial charge in [0.1, 0.15) is 0 Å². The van der Waals surface area contributed by atoms with Crippen molar-refractivity contribution in [3.05, 3.63) is 0 Å². The third-order valence-electron chi connectivity index (χ3n) is 3.87. The minimum absolute atomic E-state index is 0.000395. The zero-order chi connectivity index (χ0) is 13.8. The first-order valence-corrected chi connectivity index (χ1v) is 6.75. The Labute approximate surface area is 112 Å². The minimum atomic E-state index is -0.878. The van der Waals surface area contributed by atoms with Crippen LogP contribution in [0.2, 0.25) is 0 Å². The van der Waals surface area contributed by atoms with Crippen molar-refractivity contribution in [1.82, 2.24) is 4.90 Å². The molecule has 0 aromatic heterocycles. The van der Waals surface area contributed by atoms with Gasteiger partial charge in [-0.3, -0.25) is 9.59 Å². The molecule has 0 saturated carbocycles. The molecule has 2 rings (SSSR count). The Morgan fingerprint density at radius 1 is 1.42 bits per heavy atom. The average molecular weight is 271 g/mol. The van der Waals surface area contributed by atoms with Crippen molar-refractivity contribution < 1.29 is 24.2 Å². The van der Waals surface area contributed by atoms with E-state index in [1.807, 2.05) is 0 Å². The lowest BCUT2D eigenvalue weighted by molar-refractivity contribution is -0.140. The summed E-state index contributed by atoms with van der Waals surface area (Å²) < 4.78 is 10.7. The fourth-order valence-electron chi connectivity index (χ4n) is 2.86. The lowest BCUT2D eigenvalue weighted by Gasteiger charge is -2.24. The standard InChI is InChI=1S/C13H21NO5/c1-18-11-5-9(6-13(16)17)14(8-11)12(15)7-10-3-2-4-19-10/h9-11H,2-8H2,1H3,(H,16,17). The van der Waals surface area contributed by atoms with E-state index in [2.05, 4.69) is 0 Å². The molecule has 0 aromatic rings. The zero-order valence-corrected chi connectivity index (χ0v) is 11.2. The highest BCUT2D eigenvalue weighted by atomic mass is 16.5. The molecule has 2 heterocycles. The highest BCUT2D eigenvalue weighted by Gasteiger charge is 2.37. The lowest BCUT2D eigenvalue weighted by Crippen LogP contribution is -2.38. The molecule has 2 fully saturated rings. The van der Waals surface area contributed by atoms with Crippen LogP contribution in [0, 0.1) is 0 Å². The van der Waals surface area contributed by atoms with Gasteiger partial charge >= 0.3 is 5.97 Å². The maximum Gasteiger partial charge on any atom is 0.305 e. The first-order chi connectivity index (χ1) is 9.10. The molecule has 6 heteroatoms. The van der Waals surface area contributed by atoms with E-state index < -0.39 is 5.97 Å². The van der Waals surface area contributed by atoms with Gasteiger partial charge in [-0.05, 0) is 19.3 Å². The van der Waals surface area contributed by atoms with Crippen LogP contribution in [-0.2, 0) is 19.1 Å².